The van der Waals surface area contributed by atoms with E-state index in [0.717, 1.165) is 11.1 Å². The van der Waals surface area contributed by atoms with E-state index < -0.39 is 0 Å². The van der Waals surface area contributed by atoms with Crippen LogP contribution in [0.1, 0.15) is 18.2 Å². The van der Waals surface area contributed by atoms with Gasteiger partial charge in [0, 0.05) is 6.61 Å². The summed E-state index contributed by atoms with van der Waals surface area (Å²) in [6, 6.07) is 7.00. The van der Waals surface area contributed by atoms with Crippen LogP contribution in [0.15, 0.2) is 41.3 Å². The van der Waals surface area contributed by atoms with Gasteiger partial charge in [-0.25, -0.2) is 15.0 Å². The lowest BCUT2D eigenvalue weighted by atomic mass is 10.1. The number of nitrogen functional groups attached to an aromatic ring is 1. The van der Waals surface area contributed by atoms with Gasteiger partial charge in [0.2, 0.25) is 0 Å². The molecule has 0 saturated heterocycles. The van der Waals surface area contributed by atoms with Crippen molar-refractivity contribution < 1.29 is 9.52 Å². The predicted molar refractivity (Wildman–Crippen MR) is 78.5 cm³/mol. The molecule has 0 aromatic carbocycles. The number of furan rings is 1. The number of fused-ring (bicyclic) bond motifs is 1. The lowest BCUT2D eigenvalue weighted by Crippen LogP contribution is -2.13. The largest absolute Gasteiger partial charge is 0.467 e. The molecule has 0 aliphatic heterocycles. The first-order valence-electron chi connectivity index (χ1n) is 6.56. The second-order valence-corrected chi connectivity index (χ2v) is 4.55. The van der Waals surface area contributed by atoms with Crippen LogP contribution >= 0.6 is 0 Å². The normalized spacial score (nSPS) is 12.4. The van der Waals surface area contributed by atoms with Gasteiger partial charge in [0.15, 0.2) is 5.65 Å². The standard InChI is InChI=1S/C14H15N5O2/c15-12-4-3-9-13(16-8-17-14(9)19-12)18-10(5-6-20)11-2-1-7-21-11/h1-4,7-8,10,20H,5-6H2,(H3,15,16,17,18,19). The van der Waals surface area contributed by atoms with Crippen LogP contribution in [0.25, 0.3) is 11.0 Å². The third kappa shape index (κ3) is 2.77. The van der Waals surface area contributed by atoms with Gasteiger partial charge in [-0.3, -0.25) is 0 Å². The Balaban J connectivity index is 1.96. The van der Waals surface area contributed by atoms with Crippen LogP contribution in [0, 0.1) is 0 Å². The van der Waals surface area contributed by atoms with E-state index in [1.807, 2.05) is 18.2 Å². The molecule has 1 unspecified atom stereocenters. The Kier molecular flexibility index (Phi) is 3.65. The van der Waals surface area contributed by atoms with Crippen molar-refractivity contribution in [3.05, 3.63) is 42.6 Å². The molecule has 4 N–H and O–H groups in total. The molecule has 0 bridgehead atoms. The van der Waals surface area contributed by atoms with E-state index in [2.05, 4.69) is 20.3 Å². The Bertz CT molecular complexity index is 729. The SMILES string of the molecule is Nc1ccc2c(NC(CCO)c3ccco3)ncnc2n1. The van der Waals surface area contributed by atoms with Gasteiger partial charge in [0.05, 0.1) is 17.7 Å². The van der Waals surface area contributed by atoms with Gasteiger partial charge in [-0.1, -0.05) is 0 Å². The van der Waals surface area contributed by atoms with Crippen molar-refractivity contribution in [2.24, 2.45) is 0 Å². The molecule has 108 valence electrons. The molecule has 0 aliphatic carbocycles. The van der Waals surface area contributed by atoms with Crippen molar-refractivity contribution in [3.63, 3.8) is 0 Å². The van der Waals surface area contributed by atoms with E-state index in [9.17, 15) is 5.11 Å². The second-order valence-electron chi connectivity index (χ2n) is 4.55. The average molecular weight is 285 g/mol. The highest BCUT2D eigenvalue weighted by atomic mass is 16.3. The Morgan fingerprint density at radius 3 is 2.95 bits per heavy atom. The fraction of sp³-hybridized carbons (Fsp3) is 0.214. The third-order valence-corrected chi connectivity index (χ3v) is 3.13. The predicted octanol–water partition coefficient (Wildman–Crippen LogP) is 1.74. The van der Waals surface area contributed by atoms with E-state index in [-0.39, 0.29) is 12.6 Å². The van der Waals surface area contributed by atoms with Gasteiger partial charge >= 0.3 is 0 Å². The summed E-state index contributed by atoms with van der Waals surface area (Å²) in [5.41, 5.74) is 6.18. The summed E-state index contributed by atoms with van der Waals surface area (Å²) in [6.07, 6.45) is 3.53. The van der Waals surface area contributed by atoms with Gasteiger partial charge in [-0.2, -0.15) is 0 Å². The number of nitrogens with one attached hydrogen (secondary N) is 1. The van der Waals surface area contributed by atoms with Crippen LogP contribution in [-0.4, -0.2) is 26.7 Å². The Labute approximate surface area is 120 Å². The van der Waals surface area contributed by atoms with Gasteiger partial charge in [0.25, 0.3) is 0 Å². The molecular weight excluding hydrogens is 270 g/mol. The quantitative estimate of drug-likeness (QED) is 0.654. The highest BCUT2D eigenvalue weighted by Crippen LogP contribution is 2.26. The van der Waals surface area contributed by atoms with Crippen molar-refractivity contribution in [2.45, 2.75) is 12.5 Å². The molecule has 0 spiro atoms. The van der Waals surface area contributed by atoms with Crippen molar-refractivity contribution in [1.82, 2.24) is 15.0 Å². The van der Waals surface area contributed by atoms with Crippen LogP contribution < -0.4 is 11.1 Å². The first-order chi connectivity index (χ1) is 10.3. The maximum Gasteiger partial charge on any atom is 0.166 e. The summed E-state index contributed by atoms with van der Waals surface area (Å²) in [6.45, 7) is 0.0343. The number of nitrogens with zero attached hydrogens (tertiary/aromatic N) is 3. The third-order valence-electron chi connectivity index (χ3n) is 3.13. The lowest BCUT2D eigenvalue weighted by Gasteiger charge is -2.17. The number of aromatic nitrogens is 3. The van der Waals surface area contributed by atoms with E-state index in [1.54, 1.807) is 12.3 Å². The molecule has 0 fully saturated rings. The summed E-state index contributed by atoms with van der Waals surface area (Å²) in [5, 5.41) is 13.2. The molecule has 7 nitrogen and oxygen atoms in total. The van der Waals surface area contributed by atoms with Crippen LogP contribution in [0.2, 0.25) is 0 Å². The topological polar surface area (TPSA) is 110 Å². The minimum Gasteiger partial charge on any atom is -0.467 e. The Hall–Kier alpha value is -2.67. The molecule has 3 heterocycles. The zero-order chi connectivity index (χ0) is 14.7. The lowest BCUT2D eigenvalue weighted by molar-refractivity contribution is 0.273. The van der Waals surface area contributed by atoms with E-state index >= 15 is 0 Å². The van der Waals surface area contributed by atoms with Crippen molar-refractivity contribution in [1.29, 1.82) is 0 Å². The van der Waals surface area contributed by atoms with Gasteiger partial charge in [0.1, 0.15) is 23.7 Å². The first-order valence-corrected chi connectivity index (χ1v) is 6.56. The smallest absolute Gasteiger partial charge is 0.166 e. The number of hydrogen-bond donors (Lipinski definition) is 3. The average Bonchev–Trinajstić information content (AvgIpc) is 3.01. The minimum atomic E-state index is -0.180. The van der Waals surface area contributed by atoms with Gasteiger partial charge in [-0.15, -0.1) is 0 Å². The molecule has 0 radical (unpaired) electrons. The molecule has 0 amide bonds. The molecule has 3 aromatic rings. The monoisotopic (exact) mass is 285 g/mol. The molecule has 3 rings (SSSR count). The number of aliphatic hydroxyl groups is 1. The van der Waals surface area contributed by atoms with E-state index in [4.69, 9.17) is 10.2 Å². The summed E-state index contributed by atoms with van der Waals surface area (Å²) in [7, 11) is 0. The number of aliphatic hydroxyl groups excluding tert-OH is 1. The van der Waals surface area contributed by atoms with Gasteiger partial charge < -0.3 is 20.6 Å². The fourth-order valence-electron chi connectivity index (χ4n) is 2.14. The van der Waals surface area contributed by atoms with Crippen LogP contribution in [0.5, 0.6) is 0 Å². The number of anilines is 2. The Morgan fingerprint density at radius 2 is 2.19 bits per heavy atom. The summed E-state index contributed by atoms with van der Waals surface area (Å²) < 4.78 is 5.40. The molecule has 21 heavy (non-hydrogen) atoms. The summed E-state index contributed by atoms with van der Waals surface area (Å²) in [4.78, 5) is 12.5. The second kappa shape index (κ2) is 5.76. The molecule has 0 aliphatic rings. The molecule has 1 atom stereocenters. The molecular formula is C14H15N5O2. The Morgan fingerprint density at radius 1 is 1.29 bits per heavy atom. The number of rotatable bonds is 5. The summed E-state index contributed by atoms with van der Waals surface area (Å²) >= 11 is 0. The highest BCUT2D eigenvalue weighted by molar-refractivity contribution is 5.87. The highest BCUT2D eigenvalue weighted by Gasteiger charge is 2.16. The molecule has 3 aromatic heterocycles. The first kappa shape index (κ1) is 13.3. The van der Waals surface area contributed by atoms with Crippen LogP contribution in [-0.2, 0) is 0 Å². The van der Waals surface area contributed by atoms with Crippen LogP contribution in [0.3, 0.4) is 0 Å². The van der Waals surface area contributed by atoms with Crippen molar-refractivity contribution >= 4 is 22.7 Å². The number of nitrogens with two attached hydrogens (primary N) is 1. The maximum absolute atomic E-state index is 9.22. The van der Waals surface area contributed by atoms with Crippen molar-refractivity contribution in [2.75, 3.05) is 17.7 Å². The zero-order valence-electron chi connectivity index (χ0n) is 11.2. The van der Waals surface area contributed by atoms with E-state index in [0.29, 0.717) is 23.7 Å². The van der Waals surface area contributed by atoms with Crippen molar-refractivity contribution in [3.8, 4) is 0 Å². The fourth-order valence-corrected chi connectivity index (χ4v) is 2.14. The van der Waals surface area contributed by atoms with Crippen LogP contribution in [0.4, 0.5) is 11.6 Å². The van der Waals surface area contributed by atoms with Gasteiger partial charge in [-0.05, 0) is 30.7 Å². The number of hydrogen-bond acceptors (Lipinski definition) is 7. The zero-order valence-corrected chi connectivity index (χ0v) is 11.2. The van der Waals surface area contributed by atoms with E-state index in [1.165, 1.54) is 6.33 Å². The number of pyridine rings is 1. The minimum absolute atomic E-state index is 0.0343. The maximum atomic E-state index is 9.22. The molecule has 0 saturated carbocycles. The summed E-state index contributed by atoms with van der Waals surface area (Å²) in [5.74, 6) is 1.77. The molecule has 7 heteroatoms.